The molecule has 1 N–H and O–H groups in total. The number of nitrogens with zero attached hydrogens (tertiary/aromatic N) is 3. The Morgan fingerprint density at radius 1 is 1.28 bits per heavy atom. The van der Waals surface area contributed by atoms with E-state index >= 15 is 0 Å². The number of nitrogens with one attached hydrogen (secondary N) is 1. The lowest BCUT2D eigenvalue weighted by atomic mass is 10.2. The van der Waals surface area contributed by atoms with Gasteiger partial charge in [-0.2, -0.15) is 0 Å². The van der Waals surface area contributed by atoms with Crippen molar-refractivity contribution in [2.45, 2.75) is 19.4 Å². The molecule has 1 aliphatic rings. The average molecular weight is 248 g/mol. The van der Waals surface area contributed by atoms with E-state index in [1.807, 2.05) is 12.3 Å². The third-order valence-electron chi connectivity index (χ3n) is 3.73. The standard InChI is InChI=1S/C14H24N4/c1-3-13(15-2)12-17-8-10-18(11-9-17)14-6-4-5-7-16-14/h4-7,13,15H,3,8-12H2,1-2H3. The van der Waals surface area contributed by atoms with Gasteiger partial charge in [-0.05, 0) is 25.6 Å². The van der Waals surface area contributed by atoms with Crippen LogP contribution in [-0.2, 0) is 0 Å². The third kappa shape index (κ3) is 3.43. The van der Waals surface area contributed by atoms with E-state index in [9.17, 15) is 0 Å². The van der Waals surface area contributed by atoms with Crippen LogP contribution in [0, 0.1) is 0 Å². The Hall–Kier alpha value is -1.13. The van der Waals surface area contributed by atoms with Gasteiger partial charge in [0.25, 0.3) is 0 Å². The fourth-order valence-electron chi connectivity index (χ4n) is 2.44. The molecule has 1 fully saturated rings. The molecule has 100 valence electrons. The molecule has 0 aliphatic carbocycles. The maximum Gasteiger partial charge on any atom is 0.128 e. The van der Waals surface area contributed by atoms with Crippen LogP contribution in [-0.4, -0.2) is 55.7 Å². The van der Waals surface area contributed by atoms with E-state index in [-0.39, 0.29) is 0 Å². The van der Waals surface area contributed by atoms with Gasteiger partial charge in [0.15, 0.2) is 0 Å². The van der Waals surface area contributed by atoms with E-state index < -0.39 is 0 Å². The van der Waals surface area contributed by atoms with Crippen LogP contribution in [0.1, 0.15) is 13.3 Å². The predicted octanol–water partition coefficient (Wildman–Crippen LogP) is 1.20. The normalized spacial score (nSPS) is 18.9. The van der Waals surface area contributed by atoms with Crippen molar-refractivity contribution in [1.29, 1.82) is 0 Å². The molecule has 1 unspecified atom stereocenters. The van der Waals surface area contributed by atoms with E-state index in [4.69, 9.17) is 0 Å². The Bertz CT molecular complexity index is 329. The first-order valence-corrected chi connectivity index (χ1v) is 6.89. The summed E-state index contributed by atoms with van der Waals surface area (Å²) in [5.74, 6) is 1.11. The number of anilines is 1. The quantitative estimate of drug-likeness (QED) is 0.848. The number of piperazine rings is 1. The van der Waals surface area contributed by atoms with Crippen LogP contribution in [0.3, 0.4) is 0 Å². The van der Waals surface area contributed by atoms with Crippen molar-refractivity contribution in [1.82, 2.24) is 15.2 Å². The van der Waals surface area contributed by atoms with Crippen LogP contribution in [0.5, 0.6) is 0 Å². The molecule has 2 heterocycles. The molecule has 0 aromatic carbocycles. The fraction of sp³-hybridized carbons (Fsp3) is 0.643. The molecule has 4 heteroatoms. The van der Waals surface area contributed by atoms with Gasteiger partial charge in [-0.25, -0.2) is 4.98 Å². The van der Waals surface area contributed by atoms with Crippen molar-refractivity contribution in [3.05, 3.63) is 24.4 Å². The highest BCUT2D eigenvalue weighted by Gasteiger charge is 2.19. The first-order valence-electron chi connectivity index (χ1n) is 6.89. The van der Waals surface area contributed by atoms with Crippen molar-refractivity contribution in [3.8, 4) is 0 Å². The summed E-state index contributed by atoms with van der Waals surface area (Å²) in [6, 6.07) is 6.74. The van der Waals surface area contributed by atoms with Crippen molar-refractivity contribution < 1.29 is 0 Å². The van der Waals surface area contributed by atoms with Crippen molar-refractivity contribution >= 4 is 5.82 Å². The molecule has 1 atom stereocenters. The highest BCUT2D eigenvalue weighted by molar-refractivity contribution is 5.38. The molecule has 18 heavy (non-hydrogen) atoms. The Balaban J connectivity index is 1.81. The van der Waals surface area contributed by atoms with Gasteiger partial charge in [0.2, 0.25) is 0 Å². The highest BCUT2D eigenvalue weighted by Crippen LogP contribution is 2.12. The van der Waals surface area contributed by atoms with E-state index in [1.54, 1.807) is 0 Å². The van der Waals surface area contributed by atoms with E-state index in [0.717, 1.165) is 38.5 Å². The summed E-state index contributed by atoms with van der Waals surface area (Å²) in [5.41, 5.74) is 0. The minimum atomic E-state index is 0.617. The summed E-state index contributed by atoms with van der Waals surface area (Å²) in [7, 11) is 2.05. The summed E-state index contributed by atoms with van der Waals surface area (Å²) >= 11 is 0. The van der Waals surface area contributed by atoms with E-state index in [0.29, 0.717) is 6.04 Å². The van der Waals surface area contributed by atoms with Crippen LogP contribution in [0.25, 0.3) is 0 Å². The Morgan fingerprint density at radius 3 is 2.61 bits per heavy atom. The lowest BCUT2D eigenvalue weighted by Gasteiger charge is -2.36. The number of pyridine rings is 1. The monoisotopic (exact) mass is 248 g/mol. The maximum absolute atomic E-state index is 4.42. The van der Waals surface area contributed by atoms with Gasteiger partial charge >= 0.3 is 0 Å². The first kappa shape index (κ1) is 13.3. The SMILES string of the molecule is CCC(CN1CCN(c2ccccn2)CC1)NC. The molecule has 1 aromatic rings. The van der Waals surface area contributed by atoms with E-state index in [1.165, 1.54) is 6.42 Å². The largest absolute Gasteiger partial charge is 0.354 e. The molecule has 0 spiro atoms. The lowest BCUT2D eigenvalue weighted by molar-refractivity contribution is 0.230. The molecule has 0 bridgehead atoms. The summed E-state index contributed by atoms with van der Waals surface area (Å²) in [4.78, 5) is 9.33. The van der Waals surface area contributed by atoms with Gasteiger partial charge < -0.3 is 10.2 Å². The third-order valence-corrected chi connectivity index (χ3v) is 3.73. The van der Waals surface area contributed by atoms with E-state index in [2.05, 4.69) is 46.2 Å². The molecular formula is C14H24N4. The summed E-state index contributed by atoms with van der Waals surface area (Å²) in [6.45, 7) is 7.83. The first-order chi connectivity index (χ1) is 8.83. The second-order valence-electron chi connectivity index (χ2n) is 4.87. The van der Waals surface area contributed by atoms with Crippen molar-refractivity contribution in [3.63, 3.8) is 0 Å². The minimum Gasteiger partial charge on any atom is -0.354 e. The molecule has 0 saturated carbocycles. The number of likely N-dealkylation sites (N-methyl/N-ethyl adjacent to an activating group) is 1. The van der Waals surface area contributed by atoms with Gasteiger partial charge in [0.1, 0.15) is 5.82 Å². The summed E-state index contributed by atoms with van der Waals surface area (Å²) in [5, 5.41) is 3.37. The molecule has 1 aromatic heterocycles. The molecule has 0 amide bonds. The van der Waals surface area contributed by atoms with Crippen LogP contribution in [0.15, 0.2) is 24.4 Å². The maximum atomic E-state index is 4.42. The highest BCUT2D eigenvalue weighted by atomic mass is 15.3. The fourth-order valence-corrected chi connectivity index (χ4v) is 2.44. The zero-order valence-electron chi connectivity index (χ0n) is 11.5. The van der Waals surface area contributed by atoms with Gasteiger partial charge in [-0.3, -0.25) is 4.90 Å². The van der Waals surface area contributed by atoms with Gasteiger partial charge in [0.05, 0.1) is 0 Å². The number of rotatable bonds is 5. The Morgan fingerprint density at radius 2 is 2.06 bits per heavy atom. The van der Waals surface area contributed by atoms with Gasteiger partial charge in [0, 0.05) is 45.0 Å². The van der Waals surface area contributed by atoms with Crippen molar-refractivity contribution in [2.24, 2.45) is 0 Å². The van der Waals surface area contributed by atoms with Crippen LogP contribution < -0.4 is 10.2 Å². The molecule has 0 radical (unpaired) electrons. The predicted molar refractivity (Wildman–Crippen MR) is 76.0 cm³/mol. The van der Waals surface area contributed by atoms with Gasteiger partial charge in [-0.1, -0.05) is 13.0 Å². The number of hydrogen-bond acceptors (Lipinski definition) is 4. The molecule has 2 rings (SSSR count). The van der Waals surface area contributed by atoms with Crippen LogP contribution in [0.2, 0.25) is 0 Å². The Kier molecular flexibility index (Phi) is 4.96. The Labute approximate surface area is 110 Å². The summed E-state index contributed by atoms with van der Waals surface area (Å²) < 4.78 is 0. The topological polar surface area (TPSA) is 31.4 Å². The van der Waals surface area contributed by atoms with Gasteiger partial charge in [-0.15, -0.1) is 0 Å². The zero-order valence-corrected chi connectivity index (χ0v) is 11.5. The molecule has 1 saturated heterocycles. The smallest absolute Gasteiger partial charge is 0.128 e. The van der Waals surface area contributed by atoms with Crippen LogP contribution >= 0.6 is 0 Å². The second kappa shape index (κ2) is 6.71. The minimum absolute atomic E-state index is 0.617. The number of aromatic nitrogens is 1. The second-order valence-corrected chi connectivity index (χ2v) is 4.87. The molecule has 4 nitrogen and oxygen atoms in total. The molecule has 1 aliphatic heterocycles. The van der Waals surface area contributed by atoms with Crippen molar-refractivity contribution in [2.75, 3.05) is 44.7 Å². The van der Waals surface area contributed by atoms with Crippen LogP contribution in [0.4, 0.5) is 5.82 Å². The number of hydrogen-bond donors (Lipinski definition) is 1. The zero-order chi connectivity index (χ0) is 12.8. The average Bonchev–Trinajstić information content (AvgIpc) is 2.46. The lowest BCUT2D eigenvalue weighted by Crippen LogP contribution is -2.50. The molecular weight excluding hydrogens is 224 g/mol. The summed E-state index contributed by atoms with van der Waals surface area (Å²) in [6.07, 6.45) is 3.06.